The molecule has 0 bridgehead atoms. The van der Waals surface area contributed by atoms with Crippen LogP contribution in [0.3, 0.4) is 0 Å². The maximum Gasteiger partial charge on any atom is 0.270 e. The van der Waals surface area contributed by atoms with E-state index in [1.165, 1.54) is 11.3 Å². The quantitative estimate of drug-likeness (QED) is 0.553. The van der Waals surface area contributed by atoms with Crippen LogP contribution < -0.4 is 4.90 Å². The summed E-state index contributed by atoms with van der Waals surface area (Å²) in [5.41, 5.74) is 1.59. The molecule has 4 nitrogen and oxygen atoms in total. The van der Waals surface area contributed by atoms with Crippen molar-refractivity contribution in [1.29, 1.82) is 0 Å². The second-order valence-electron chi connectivity index (χ2n) is 6.97. The number of rotatable bonds is 4. The van der Waals surface area contributed by atoms with Gasteiger partial charge in [0, 0.05) is 21.8 Å². The Kier molecular flexibility index (Phi) is 5.53. The number of benzene rings is 1. The lowest BCUT2D eigenvalue weighted by Gasteiger charge is -2.22. The number of carbonyl (C=O) groups excluding carboxylic acids is 1. The SMILES string of the molecule is CC(C)(C)c1ncc(C(=O)N(Cc2ccccn2)c2ccc(Br)cc2)s1. The van der Waals surface area contributed by atoms with Crippen LogP contribution in [0.2, 0.25) is 0 Å². The van der Waals surface area contributed by atoms with E-state index in [9.17, 15) is 4.79 Å². The van der Waals surface area contributed by atoms with Crippen LogP contribution in [-0.4, -0.2) is 15.9 Å². The molecule has 0 saturated carbocycles. The first-order chi connectivity index (χ1) is 12.3. The van der Waals surface area contributed by atoms with Gasteiger partial charge in [0.2, 0.25) is 0 Å². The van der Waals surface area contributed by atoms with Crippen LogP contribution in [0.15, 0.2) is 59.3 Å². The summed E-state index contributed by atoms with van der Waals surface area (Å²) < 4.78 is 0.972. The number of hydrogen-bond acceptors (Lipinski definition) is 4. The minimum absolute atomic E-state index is 0.0639. The molecule has 0 radical (unpaired) electrons. The van der Waals surface area contributed by atoms with E-state index in [4.69, 9.17) is 0 Å². The highest BCUT2D eigenvalue weighted by atomic mass is 79.9. The van der Waals surface area contributed by atoms with Gasteiger partial charge in [-0.05, 0) is 36.4 Å². The molecule has 134 valence electrons. The minimum Gasteiger partial charge on any atom is -0.302 e. The van der Waals surface area contributed by atoms with Crippen LogP contribution in [0.4, 0.5) is 5.69 Å². The standard InChI is InChI=1S/C20H20BrN3OS/c1-20(2,3)19-23-12-17(26-19)18(25)24(13-15-6-4-5-11-22-15)16-9-7-14(21)8-10-16/h4-12H,13H2,1-3H3. The number of halogens is 1. The van der Waals surface area contributed by atoms with Gasteiger partial charge in [-0.15, -0.1) is 11.3 Å². The molecule has 0 N–H and O–H groups in total. The van der Waals surface area contributed by atoms with E-state index >= 15 is 0 Å². The highest BCUT2D eigenvalue weighted by Crippen LogP contribution is 2.29. The van der Waals surface area contributed by atoms with Crippen LogP contribution >= 0.6 is 27.3 Å². The largest absolute Gasteiger partial charge is 0.302 e. The van der Waals surface area contributed by atoms with Crippen LogP contribution in [0, 0.1) is 0 Å². The third-order valence-electron chi connectivity index (χ3n) is 3.79. The van der Waals surface area contributed by atoms with Crippen molar-refractivity contribution in [3.8, 4) is 0 Å². The summed E-state index contributed by atoms with van der Waals surface area (Å²) in [6.45, 7) is 6.70. The van der Waals surface area contributed by atoms with Gasteiger partial charge in [0.25, 0.3) is 5.91 Å². The van der Waals surface area contributed by atoms with E-state index in [1.807, 2.05) is 42.5 Å². The van der Waals surface area contributed by atoms with Crippen molar-refractivity contribution in [2.45, 2.75) is 32.7 Å². The van der Waals surface area contributed by atoms with Gasteiger partial charge in [-0.25, -0.2) is 4.98 Å². The Morgan fingerprint density at radius 1 is 1.12 bits per heavy atom. The molecule has 0 aliphatic heterocycles. The lowest BCUT2D eigenvalue weighted by atomic mass is 9.98. The lowest BCUT2D eigenvalue weighted by molar-refractivity contribution is 0.0988. The zero-order valence-corrected chi connectivity index (χ0v) is 17.3. The maximum absolute atomic E-state index is 13.2. The molecule has 0 aliphatic rings. The van der Waals surface area contributed by atoms with E-state index in [2.05, 4.69) is 46.7 Å². The highest BCUT2D eigenvalue weighted by molar-refractivity contribution is 9.10. The van der Waals surface area contributed by atoms with Crippen molar-refractivity contribution in [3.63, 3.8) is 0 Å². The molecule has 0 saturated heterocycles. The van der Waals surface area contributed by atoms with E-state index in [-0.39, 0.29) is 11.3 Å². The Morgan fingerprint density at radius 3 is 2.42 bits per heavy atom. The van der Waals surface area contributed by atoms with Crippen LogP contribution in [0.1, 0.15) is 41.1 Å². The van der Waals surface area contributed by atoms with Crippen LogP contribution in [0.25, 0.3) is 0 Å². The van der Waals surface area contributed by atoms with Crippen molar-refractivity contribution in [2.24, 2.45) is 0 Å². The first-order valence-electron chi connectivity index (χ1n) is 8.28. The van der Waals surface area contributed by atoms with Crippen molar-refractivity contribution in [1.82, 2.24) is 9.97 Å². The zero-order valence-electron chi connectivity index (χ0n) is 14.9. The predicted molar refractivity (Wildman–Crippen MR) is 110 cm³/mol. The molecule has 3 rings (SSSR count). The van der Waals surface area contributed by atoms with Crippen molar-refractivity contribution in [3.05, 3.63) is 74.9 Å². The Morgan fingerprint density at radius 2 is 1.85 bits per heavy atom. The molecule has 1 amide bonds. The van der Waals surface area contributed by atoms with Gasteiger partial charge in [0.05, 0.1) is 23.4 Å². The third kappa shape index (κ3) is 4.37. The fourth-order valence-corrected chi connectivity index (χ4v) is 3.59. The number of hydrogen-bond donors (Lipinski definition) is 0. The van der Waals surface area contributed by atoms with Gasteiger partial charge in [0.15, 0.2) is 0 Å². The van der Waals surface area contributed by atoms with Crippen molar-refractivity contribution < 1.29 is 4.79 Å². The molecule has 0 unspecified atom stereocenters. The van der Waals surface area contributed by atoms with Gasteiger partial charge < -0.3 is 4.90 Å². The van der Waals surface area contributed by atoms with Crippen LogP contribution in [0.5, 0.6) is 0 Å². The van der Waals surface area contributed by atoms with E-state index in [0.29, 0.717) is 11.4 Å². The first kappa shape index (κ1) is 18.7. The fourth-order valence-electron chi connectivity index (χ4n) is 2.41. The average molecular weight is 430 g/mol. The molecule has 0 fully saturated rings. The number of amides is 1. The summed E-state index contributed by atoms with van der Waals surface area (Å²) >= 11 is 4.90. The first-order valence-corrected chi connectivity index (χ1v) is 9.89. The number of pyridine rings is 1. The highest BCUT2D eigenvalue weighted by Gasteiger charge is 2.24. The summed E-state index contributed by atoms with van der Waals surface area (Å²) in [5, 5.41) is 0.953. The normalized spacial score (nSPS) is 11.4. The number of thiazole rings is 1. The Balaban J connectivity index is 1.95. The smallest absolute Gasteiger partial charge is 0.270 e. The van der Waals surface area contributed by atoms with Gasteiger partial charge in [-0.2, -0.15) is 0 Å². The molecule has 2 heterocycles. The third-order valence-corrected chi connectivity index (χ3v) is 5.73. The van der Waals surface area contributed by atoms with Gasteiger partial charge in [-0.1, -0.05) is 42.8 Å². The minimum atomic E-state index is -0.0768. The fraction of sp³-hybridized carbons (Fsp3) is 0.250. The predicted octanol–water partition coefficient (Wildman–Crippen LogP) is 5.45. The zero-order chi connectivity index (χ0) is 18.7. The summed E-state index contributed by atoms with van der Waals surface area (Å²) in [7, 11) is 0. The van der Waals surface area contributed by atoms with E-state index in [0.717, 1.165) is 20.9 Å². The molecule has 0 aliphatic carbocycles. The molecule has 3 aromatic rings. The van der Waals surface area contributed by atoms with Gasteiger partial charge in [0.1, 0.15) is 4.88 Å². The summed E-state index contributed by atoms with van der Waals surface area (Å²) in [4.78, 5) is 24.4. The second kappa shape index (κ2) is 7.68. The Bertz CT molecular complexity index is 885. The van der Waals surface area contributed by atoms with Crippen molar-refractivity contribution >= 4 is 38.9 Å². The lowest BCUT2D eigenvalue weighted by Crippen LogP contribution is -2.30. The number of aromatic nitrogens is 2. The monoisotopic (exact) mass is 429 g/mol. The molecular formula is C20H20BrN3OS. The maximum atomic E-state index is 13.2. The Labute approximate surface area is 166 Å². The number of carbonyl (C=O) groups is 1. The summed E-state index contributed by atoms with van der Waals surface area (Å²) in [6, 6.07) is 13.4. The molecule has 0 spiro atoms. The molecule has 2 aromatic heterocycles. The van der Waals surface area contributed by atoms with E-state index < -0.39 is 0 Å². The molecule has 26 heavy (non-hydrogen) atoms. The molecule has 6 heteroatoms. The molecule has 1 aromatic carbocycles. The number of anilines is 1. The number of nitrogens with zero attached hydrogens (tertiary/aromatic N) is 3. The van der Waals surface area contributed by atoms with E-state index in [1.54, 1.807) is 17.3 Å². The van der Waals surface area contributed by atoms with Gasteiger partial charge >= 0.3 is 0 Å². The summed E-state index contributed by atoms with van der Waals surface area (Å²) in [6.07, 6.45) is 3.42. The van der Waals surface area contributed by atoms with Gasteiger partial charge in [-0.3, -0.25) is 9.78 Å². The second-order valence-corrected chi connectivity index (χ2v) is 8.91. The van der Waals surface area contributed by atoms with Crippen LogP contribution in [-0.2, 0) is 12.0 Å². The average Bonchev–Trinajstić information content (AvgIpc) is 3.11. The summed E-state index contributed by atoms with van der Waals surface area (Å²) in [5.74, 6) is -0.0639. The molecule has 0 atom stereocenters. The van der Waals surface area contributed by atoms with Crippen molar-refractivity contribution in [2.75, 3.05) is 4.90 Å². The topological polar surface area (TPSA) is 46.1 Å². The Hall–Kier alpha value is -2.05. The molecular weight excluding hydrogens is 410 g/mol.